The molecule has 136 valence electrons. The van der Waals surface area contributed by atoms with Crippen molar-refractivity contribution < 1.29 is 14.4 Å². The van der Waals surface area contributed by atoms with E-state index in [0.29, 0.717) is 13.0 Å². The molecule has 7 nitrogen and oxygen atoms in total. The summed E-state index contributed by atoms with van der Waals surface area (Å²) in [4.78, 5) is 38.2. The van der Waals surface area contributed by atoms with Crippen molar-refractivity contribution in [1.82, 2.24) is 20.4 Å². The second kappa shape index (κ2) is 8.62. The zero-order valence-corrected chi connectivity index (χ0v) is 15.0. The predicted octanol–water partition coefficient (Wildman–Crippen LogP) is 1.05. The summed E-state index contributed by atoms with van der Waals surface area (Å²) in [5.41, 5.74) is 2.35. The number of aryl methyl sites for hydroxylation is 1. The van der Waals surface area contributed by atoms with E-state index in [1.54, 1.807) is 0 Å². The molecule has 1 aliphatic heterocycles. The Labute approximate surface area is 148 Å². The zero-order chi connectivity index (χ0) is 18.4. The number of urea groups is 1. The van der Waals surface area contributed by atoms with Crippen LogP contribution in [0.15, 0.2) is 24.3 Å². The van der Waals surface area contributed by atoms with Crippen molar-refractivity contribution in [3.63, 3.8) is 0 Å². The highest BCUT2D eigenvalue weighted by atomic mass is 16.2. The average molecular weight is 346 g/mol. The molecule has 1 heterocycles. The number of amides is 4. The number of imide groups is 1. The van der Waals surface area contributed by atoms with Crippen molar-refractivity contribution in [2.24, 2.45) is 0 Å². The van der Waals surface area contributed by atoms with Crippen LogP contribution in [-0.2, 0) is 9.59 Å². The van der Waals surface area contributed by atoms with Crippen molar-refractivity contribution in [3.05, 3.63) is 35.4 Å². The van der Waals surface area contributed by atoms with E-state index in [9.17, 15) is 14.4 Å². The molecule has 0 unspecified atom stereocenters. The summed E-state index contributed by atoms with van der Waals surface area (Å²) in [6.45, 7) is 2.87. The standard InChI is InChI=1S/C18H26N4O3/c1-13-6-8-14(9-7-13)15(21(2)3)11-19-16(23)5-4-10-22-17(24)12-20-18(22)25/h6-9,15H,4-5,10-12H2,1-3H3,(H,19,23)(H,20,25)/t15-/m0/s1. The van der Waals surface area contributed by atoms with Gasteiger partial charge in [0, 0.05) is 19.5 Å². The smallest absolute Gasteiger partial charge is 0.324 e. The number of likely N-dealkylation sites (N-methyl/N-ethyl adjacent to an activating group) is 1. The van der Waals surface area contributed by atoms with Gasteiger partial charge in [-0.2, -0.15) is 0 Å². The fraction of sp³-hybridized carbons (Fsp3) is 0.500. The fourth-order valence-corrected chi connectivity index (χ4v) is 2.77. The number of carbonyl (C=O) groups is 3. The van der Waals surface area contributed by atoms with Crippen molar-refractivity contribution in [2.75, 3.05) is 33.7 Å². The van der Waals surface area contributed by atoms with E-state index >= 15 is 0 Å². The van der Waals surface area contributed by atoms with Crippen LogP contribution in [0.3, 0.4) is 0 Å². The Bertz CT molecular complexity index is 612. The van der Waals surface area contributed by atoms with E-state index in [1.165, 1.54) is 5.56 Å². The summed E-state index contributed by atoms with van der Waals surface area (Å²) in [6.07, 6.45) is 0.743. The van der Waals surface area contributed by atoms with E-state index in [4.69, 9.17) is 0 Å². The molecule has 1 saturated heterocycles. The number of hydrogen-bond donors (Lipinski definition) is 2. The molecule has 0 radical (unpaired) electrons. The Hall–Kier alpha value is -2.41. The Balaban J connectivity index is 1.78. The third-order valence-corrected chi connectivity index (χ3v) is 4.30. The van der Waals surface area contributed by atoms with E-state index < -0.39 is 0 Å². The zero-order valence-electron chi connectivity index (χ0n) is 15.0. The monoisotopic (exact) mass is 346 g/mol. The number of hydrogen-bond acceptors (Lipinski definition) is 4. The van der Waals surface area contributed by atoms with Gasteiger partial charge in [-0.25, -0.2) is 4.79 Å². The molecule has 2 rings (SSSR count). The van der Waals surface area contributed by atoms with Gasteiger partial charge < -0.3 is 15.5 Å². The van der Waals surface area contributed by atoms with Gasteiger partial charge >= 0.3 is 6.03 Å². The van der Waals surface area contributed by atoms with Gasteiger partial charge in [0.15, 0.2) is 0 Å². The van der Waals surface area contributed by atoms with Gasteiger partial charge in [-0.05, 0) is 33.0 Å². The van der Waals surface area contributed by atoms with Crippen LogP contribution in [0.4, 0.5) is 4.79 Å². The summed E-state index contributed by atoms with van der Waals surface area (Å²) in [6, 6.07) is 7.98. The molecule has 0 bridgehead atoms. The minimum atomic E-state index is -0.377. The Morgan fingerprint density at radius 1 is 1.28 bits per heavy atom. The lowest BCUT2D eigenvalue weighted by molar-refractivity contribution is -0.126. The van der Waals surface area contributed by atoms with Crippen molar-refractivity contribution >= 4 is 17.8 Å². The normalized spacial score (nSPS) is 15.4. The van der Waals surface area contributed by atoms with E-state index in [2.05, 4.69) is 39.8 Å². The van der Waals surface area contributed by atoms with Gasteiger partial charge in [0.05, 0.1) is 12.6 Å². The molecule has 2 N–H and O–H groups in total. The second-order valence-electron chi connectivity index (χ2n) is 6.50. The molecule has 1 aromatic rings. The van der Waals surface area contributed by atoms with Gasteiger partial charge in [-0.15, -0.1) is 0 Å². The number of benzene rings is 1. The molecule has 0 saturated carbocycles. The molecule has 4 amide bonds. The maximum absolute atomic E-state index is 12.1. The first-order valence-corrected chi connectivity index (χ1v) is 8.46. The van der Waals surface area contributed by atoms with Crippen molar-refractivity contribution in [2.45, 2.75) is 25.8 Å². The van der Waals surface area contributed by atoms with Crippen LogP contribution < -0.4 is 10.6 Å². The van der Waals surface area contributed by atoms with Gasteiger partial charge in [-0.3, -0.25) is 14.5 Å². The second-order valence-corrected chi connectivity index (χ2v) is 6.50. The number of rotatable bonds is 8. The number of nitrogens with one attached hydrogen (secondary N) is 2. The van der Waals surface area contributed by atoms with Crippen LogP contribution in [0.25, 0.3) is 0 Å². The molecule has 1 aromatic carbocycles. The molecule has 0 spiro atoms. The first-order valence-electron chi connectivity index (χ1n) is 8.46. The van der Waals surface area contributed by atoms with Crippen LogP contribution in [0, 0.1) is 6.92 Å². The summed E-state index contributed by atoms with van der Waals surface area (Å²) >= 11 is 0. The van der Waals surface area contributed by atoms with Crippen molar-refractivity contribution in [1.29, 1.82) is 0 Å². The molecule has 0 aliphatic carbocycles. The largest absolute Gasteiger partial charge is 0.354 e. The Morgan fingerprint density at radius 3 is 2.52 bits per heavy atom. The van der Waals surface area contributed by atoms with Gasteiger partial charge in [-0.1, -0.05) is 29.8 Å². The molecule has 0 aromatic heterocycles. The molecule has 25 heavy (non-hydrogen) atoms. The summed E-state index contributed by atoms with van der Waals surface area (Å²) in [5.74, 6) is -0.316. The molecule has 1 fully saturated rings. The quantitative estimate of drug-likeness (QED) is 0.689. The molecule has 7 heteroatoms. The van der Waals surface area contributed by atoms with Crippen molar-refractivity contribution in [3.8, 4) is 0 Å². The minimum Gasteiger partial charge on any atom is -0.354 e. The fourth-order valence-electron chi connectivity index (χ4n) is 2.77. The first kappa shape index (κ1) is 18.9. The lowest BCUT2D eigenvalue weighted by Crippen LogP contribution is -2.35. The third-order valence-electron chi connectivity index (χ3n) is 4.30. The van der Waals surface area contributed by atoms with Crippen LogP contribution in [-0.4, -0.2) is 61.4 Å². The van der Waals surface area contributed by atoms with Crippen LogP contribution >= 0.6 is 0 Å². The molecular weight excluding hydrogens is 320 g/mol. The minimum absolute atomic E-state index is 0.0477. The molecular formula is C18H26N4O3. The van der Waals surface area contributed by atoms with Crippen LogP contribution in [0.1, 0.15) is 30.0 Å². The predicted molar refractivity (Wildman–Crippen MR) is 95.0 cm³/mol. The molecule has 1 aliphatic rings. The summed E-state index contributed by atoms with van der Waals surface area (Å²) < 4.78 is 0. The molecule has 1 atom stereocenters. The highest BCUT2D eigenvalue weighted by Gasteiger charge is 2.27. The van der Waals surface area contributed by atoms with E-state index in [0.717, 1.165) is 10.5 Å². The summed E-state index contributed by atoms with van der Waals surface area (Å²) in [5, 5.41) is 5.40. The maximum atomic E-state index is 12.1. The van der Waals surface area contributed by atoms with Crippen LogP contribution in [0.2, 0.25) is 0 Å². The number of carbonyl (C=O) groups excluding carboxylic acids is 3. The Morgan fingerprint density at radius 2 is 1.96 bits per heavy atom. The maximum Gasteiger partial charge on any atom is 0.324 e. The third kappa shape index (κ3) is 5.29. The van der Waals surface area contributed by atoms with E-state index in [-0.39, 0.29) is 43.4 Å². The van der Waals surface area contributed by atoms with Gasteiger partial charge in [0.1, 0.15) is 0 Å². The first-order chi connectivity index (χ1) is 11.9. The lowest BCUT2D eigenvalue weighted by Gasteiger charge is -2.25. The number of nitrogens with zero attached hydrogens (tertiary/aromatic N) is 2. The van der Waals surface area contributed by atoms with Gasteiger partial charge in [0.2, 0.25) is 11.8 Å². The Kier molecular flexibility index (Phi) is 6.52. The topological polar surface area (TPSA) is 81.8 Å². The average Bonchev–Trinajstić information content (AvgIpc) is 2.88. The highest BCUT2D eigenvalue weighted by Crippen LogP contribution is 2.18. The van der Waals surface area contributed by atoms with Crippen LogP contribution in [0.5, 0.6) is 0 Å². The SMILES string of the molecule is Cc1ccc([C@H](CNC(=O)CCCN2C(=O)CNC2=O)N(C)C)cc1. The summed E-state index contributed by atoms with van der Waals surface area (Å²) in [7, 11) is 3.96. The highest BCUT2D eigenvalue weighted by molar-refractivity contribution is 6.01. The van der Waals surface area contributed by atoms with Gasteiger partial charge in [0.25, 0.3) is 0 Å². The lowest BCUT2D eigenvalue weighted by atomic mass is 10.0. The van der Waals surface area contributed by atoms with E-state index in [1.807, 2.05) is 21.0 Å².